The molecular weight excluding hydrogens is 270 g/mol. The van der Waals surface area contributed by atoms with E-state index in [0.29, 0.717) is 6.54 Å². The molecule has 0 rings (SSSR count). The van der Waals surface area contributed by atoms with Gasteiger partial charge in [-0.15, -0.1) is 0 Å². The molecule has 0 atom stereocenters. The highest BCUT2D eigenvalue weighted by Gasteiger charge is 2.31. The predicted molar refractivity (Wildman–Crippen MR) is 86.0 cm³/mol. The lowest BCUT2D eigenvalue weighted by atomic mass is 9.73. The first-order valence-electron chi connectivity index (χ1n) is 7.15. The highest BCUT2D eigenvalue weighted by Crippen LogP contribution is 2.37. The van der Waals surface area contributed by atoms with Gasteiger partial charge in [0.1, 0.15) is 0 Å². The first kappa shape index (κ1) is 19.2. The van der Waals surface area contributed by atoms with Crippen LogP contribution in [-0.2, 0) is 4.74 Å². The van der Waals surface area contributed by atoms with Crippen molar-refractivity contribution in [1.29, 1.82) is 0 Å². The zero-order chi connectivity index (χ0) is 16.0. The molecule has 20 heavy (non-hydrogen) atoms. The Morgan fingerprint density at radius 1 is 1.30 bits per heavy atom. The Morgan fingerprint density at radius 2 is 1.85 bits per heavy atom. The van der Waals surface area contributed by atoms with Gasteiger partial charge in [-0.2, -0.15) is 0 Å². The van der Waals surface area contributed by atoms with Crippen molar-refractivity contribution < 1.29 is 14.3 Å². The zero-order valence-electron chi connectivity index (χ0n) is 13.9. The Morgan fingerprint density at radius 3 is 2.30 bits per heavy atom. The fraction of sp³-hybridized carbons (Fsp3) is 0.800. The lowest BCUT2D eigenvalue weighted by Crippen LogP contribution is -2.37. The van der Waals surface area contributed by atoms with Crippen LogP contribution in [0.2, 0.25) is 19.1 Å². The number of nitrogens with one attached hydrogen (secondary N) is 1. The van der Waals surface area contributed by atoms with E-state index in [2.05, 4.69) is 44.3 Å². The summed E-state index contributed by atoms with van der Waals surface area (Å²) in [5, 5.41) is 2.75. The summed E-state index contributed by atoms with van der Waals surface area (Å²) in [7, 11) is -1.99. The van der Waals surface area contributed by atoms with E-state index in [-0.39, 0.29) is 10.8 Å². The van der Waals surface area contributed by atoms with Gasteiger partial charge >= 0.3 is 6.09 Å². The molecule has 118 valence electrons. The molecule has 0 aromatic heterocycles. The van der Waals surface area contributed by atoms with Crippen LogP contribution in [0.25, 0.3) is 0 Å². The Hall–Kier alpha value is -0.813. The highest BCUT2D eigenvalue weighted by molar-refractivity contribution is 6.69. The van der Waals surface area contributed by atoms with Gasteiger partial charge < -0.3 is 14.8 Å². The van der Waals surface area contributed by atoms with E-state index in [4.69, 9.17) is 0 Å². The van der Waals surface area contributed by atoms with Crippen LogP contribution < -0.4 is 5.32 Å². The molecule has 5 heteroatoms. The second kappa shape index (κ2) is 7.27. The molecule has 0 unspecified atom stereocenters. The molecule has 0 radical (unpaired) electrons. The Bertz CT molecular complexity index is 333. The third kappa shape index (κ3) is 10.0. The van der Waals surface area contributed by atoms with E-state index in [1.807, 2.05) is 13.1 Å². The van der Waals surface area contributed by atoms with E-state index < -0.39 is 14.4 Å². The number of amides is 1. The minimum atomic E-state index is -1.99. The van der Waals surface area contributed by atoms with Crippen LogP contribution in [0.1, 0.15) is 40.5 Å². The van der Waals surface area contributed by atoms with E-state index in [9.17, 15) is 9.59 Å². The average Bonchev–Trinajstić information content (AvgIpc) is 2.22. The monoisotopic (exact) mass is 301 g/mol. The van der Waals surface area contributed by atoms with Gasteiger partial charge in [-0.05, 0) is 42.8 Å². The van der Waals surface area contributed by atoms with Gasteiger partial charge in [0, 0.05) is 6.54 Å². The summed E-state index contributed by atoms with van der Waals surface area (Å²) in [5.74, 6) is 0. The Kier molecular flexibility index (Phi) is 6.97. The number of hydrogen-bond acceptors (Lipinski definition) is 3. The van der Waals surface area contributed by atoms with Gasteiger partial charge in [-0.25, -0.2) is 4.79 Å². The summed E-state index contributed by atoms with van der Waals surface area (Å²) >= 11 is 0. The average molecular weight is 302 g/mol. The fourth-order valence-corrected chi connectivity index (χ4v) is 3.81. The molecule has 0 aliphatic rings. The molecule has 1 amide bonds. The van der Waals surface area contributed by atoms with Gasteiger partial charge in [0.15, 0.2) is 8.32 Å². The van der Waals surface area contributed by atoms with Crippen molar-refractivity contribution in [1.82, 2.24) is 5.32 Å². The van der Waals surface area contributed by atoms with Gasteiger partial charge in [-0.3, -0.25) is 0 Å². The standard InChI is InChI=1S/C15H31NO3Si/c1-8-19-13(17)16-12-15(4,5)11-14(2,3)9-10-20(6,7)18/h8,18H,1,9-12H2,2-7H3,(H,16,17). The van der Waals surface area contributed by atoms with Crippen LogP contribution in [0.5, 0.6) is 0 Å². The molecule has 0 aliphatic carbocycles. The smallest absolute Gasteiger partial charge is 0.412 e. The van der Waals surface area contributed by atoms with Gasteiger partial charge in [-0.1, -0.05) is 34.3 Å². The summed E-state index contributed by atoms with van der Waals surface area (Å²) in [6.07, 6.45) is 2.64. The fourth-order valence-electron chi connectivity index (χ4n) is 2.52. The van der Waals surface area contributed by atoms with Gasteiger partial charge in [0.05, 0.1) is 6.26 Å². The number of rotatable bonds is 8. The number of ether oxygens (including phenoxy) is 1. The van der Waals surface area contributed by atoms with Crippen molar-refractivity contribution in [2.75, 3.05) is 6.54 Å². The molecular formula is C15H31NO3Si. The molecule has 2 N–H and O–H groups in total. The maximum atomic E-state index is 11.3. The van der Waals surface area contributed by atoms with Crippen molar-refractivity contribution in [3.05, 3.63) is 12.8 Å². The second-order valence-corrected chi connectivity index (χ2v) is 11.9. The van der Waals surface area contributed by atoms with Crippen LogP contribution in [0.15, 0.2) is 12.8 Å². The Labute approximate surface area is 124 Å². The summed E-state index contributed by atoms with van der Waals surface area (Å²) < 4.78 is 4.65. The topological polar surface area (TPSA) is 58.6 Å². The largest absolute Gasteiger partial charge is 0.432 e. The van der Waals surface area contributed by atoms with E-state index in [0.717, 1.165) is 25.1 Å². The minimum Gasteiger partial charge on any atom is -0.432 e. The third-order valence-electron chi connectivity index (χ3n) is 3.27. The van der Waals surface area contributed by atoms with Crippen molar-refractivity contribution in [3.8, 4) is 0 Å². The van der Waals surface area contributed by atoms with Crippen LogP contribution in [0.3, 0.4) is 0 Å². The van der Waals surface area contributed by atoms with Crippen LogP contribution in [0.4, 0.5) is 4.79 Å². The molecule has 0 heterocycles. The van der Waals surface area contributed by atoms with Crippen molar-refractivity contribution >= 4 is 14.4 Å². The normalized spacial score (nSPS) is 12.9. The summed E-state index contributed by atoms with van der Waals surface area (Å²) in [5.41, 5.74) is 0.116. The number of carbonyl (C=O) groups is 1. The van der Waals surface area contributed by atoms with Gasteiger partial charge in [0.2, 0.25) is 0 Å². The van der Waals surface area contributed by atoms with E-state index >= 15 is 0 Å². The SMILES string of the molecule is C=COC(=O)NCC(C)(C)CC(C)(C)CC[Si](C)(C)O. The van der Waals surface area contributed by atoms with Crippen molar-refractivity contribution in [2.24, 2.45) is 10.8 Å². The molecule has 0 aliphatic heterocycles. The second-order valence-electron chi connectivity index (χ2n) is 7.74. The van der Waals surface area contributed by atoms with Crippen LogP contribution in [0, 0.1) is 10.8 Å². The first-order valence-corrected chi connectivity index (χ1v) is 10.3. The van der Waals surface area contributed by atoms with Crippen LogP contribution >= 0.6 is 0 Å². The lowest BCUT2D eigenvalue weighted by Gasteiger charge is -2.36. The summed E-state index contributed by atoms with van der Waals surface area (Å²) in [4.78, 5) is 21.3. The molecule has 0 saturated carbocycles. The molecule has 0 saturated heterocycles. The molecule has 0 aromatic carbocycles. The number of hydrogen-bond donors (Lipinski definition) is 2. The number of carbonyl (C=O) groups excluding carboxylic acids is 1. The number of alkyl carbamates (subject to hydrolysis) is 1. The summed E-state index contributed by atoms with van der Waals surface area (Å²) in [6.45, 7) is 16.6. The van der Waals surface area contributed by atoms with Crippen molar-refractivity contribution in [2.45, 2.75) is 59.7 Å². The molecule has 0 spiro atoms. The van der Waals surface area contributed by atoms with Gasteiger partial charge in [0.25, 0.3) is 0 Å². The molecule has 0 aromatic rings. The molecule has 0 fully saturated rings. The van der Waals surface area contributed by atoms with E-state index in [1.165, 1.54) is 0 Å². The minimum absolute atomic E-state index is 0.0230. The molecule has 0 bridgehead atoms. The van der Waals surface area contributed by atoms with Crippen LogP contribution in [-0.4, -0.2) is 25.8 Å². The first-order chi connectivity index (χ1) is 8.87. The highest BCUT2D eigenvalue weighted by atomic mass is 28.4. The maximum absolute atomic E-state index is 11.3. The predicted octanol–water partition coefficient (Wildman–Crippen LogP) is 3.89. The lowest BCUT2D eigenvalue weighted by molar-refractivity contribution is 0.159. The maximum Gasteiger partial charge on any atom is 0.412 e. The van der Waals surface area contributed by atoms with Crippen molar-refractivity contribution in [3.63, 3.8) is 0 Å². The van der Waals surface area contributed by atoms with E-state index in [1.54, 1.807) is 0 Å². The summed E-state index contributed by atoms with van der Waals surface area (Å²) in [6, 6.07) is 0.905. The molecule has 4 nitrogen and oxygen atoms in total. The quantitative estimate of drug-likeness (QED) is 0.528. The Balaban J connectivity index is 4.34. The zero-order valence-corrected chi connectivity index (χ0v) is 14.9. The third-order valence-corrected chi connectivity index (χ3v) is 4.75.